The Hall–Kier alpha value is -1.75. The Bertz CT molecular complexity index is 603. The van der Waals surface area contributed by atoms with Crippen molar-refractivity contribution >= 4 is 29.3 Å². The highest BCUT2D eigenvalue weighted by Crippen LogP contribution is 2.40. The zero-order valence-corrected chi connectivity index (χ0v) is 13.6. The first kappa shape index (κ1) is 15.6. The van der Waals surface area contributed by atoms with Crippen LogP contribution in [0.2, 0.25) is 0 Å². The van der Waals surface area contributed by atoms with Crippen molar-refractivity contribution in [3.63, 3.8) is 0 Å². The third kappa shape index (κ3) is 3.88. The molecule has 1 aliphatic rings. The van der Waals surface area contributed by atoms with E-state index in [9.17, 15) is 9.59 Å². The summed E-state index contributed by atoms with van der Waals surface area (Å²) in [6.45, 7) is 6.71. The number of thioether (sulfide) groups is 1. The highest BCUT2D eigenvalue weighted by atomic mass is 32.2. The van der Waals surface area contributed by atoms with Crippen molar-refractivity contribution in [1.29, 1.82) is 0 Å². The molecule has 0 atom stereocenters. The lowest BCUT2D eigenvalue weighted by molar-refractivity contribution is -0.118. The summed E-state index contributed by atoms with van der Waals surface area (Å²) in [6.07, 6.45) is 1.39. The van der Waals surface area contributed by atoms with Crippen LogP contribution in [0.15, 0.2) is 40.1 Å². The Morgan fingerprint density at radius 3 is 2.67 bits per heavy atom. The number of rotatable bonds is 2. The molecule has 0 saturated heterocycles. The summed E-state index contributed by atoms with van der Waals surface area (Å²) in [7, 11) is 1.72. The Balaban J connectivity index is 2.16. The van der Waals surface area contributed by atoms with Crippen LogP contribution in [0.5, 0.6) is 0 Å². The number of fused-ring (bicyclic) bond motifs is 1. The van der Waals surface area contributed by atoms with Crippen LogP contribution >= 0.6 is 11.8 Å². The molecule has 1 aromatic rings. The van der Waals surface area contributed by atoms with E-state index >= 15 is 0 Å². The van der Waals surface area contributed by atoms with E-state index in [-0.39, 0.29) is 17.2 Å². The fraction of sp³-hybridized carbons (Fsp3) is 0.375. The van der Waals surface area contributed by atoms with Gasteiger partial charge in [-0.05, 0) is 17.5 Å². The summed E-state index contributed by atoms with van der Waals surface area (Å²) in [4.78, 5) is 27.2. The van der Waals surface area contributed by atoms with E-state index < -0.39 is 0 Å². The highest BCUT2D eigenvalue weighted by Gasteiger charge is 2.26. The Labute approximate surface area is 129 Å². The van der Waals surface area contributed by atoms with Gasteiger partial charge < -0.3 is 10.2 Å². The zero-order valence-electron chi connectivity index (χ0n) is 12.8. The molecule has 1 heterocycles. The van der Waals surface area contributed by atoms with E-state index in [2.05, 4.69) is 5.32 Å². The monoisotopic (exact) mass is 304 g/mol. The van der Waals surface area contributed by atoms with Gasteiger partial charge in [-0.3, -0.25) is 9.59 Å². The molecule has 21 heavy (non-hydrogen) atoms. The third-order valence-electron chi connectivity index (χ3n) is 3.02. The molecular formula is C16H20N2O2S. The van der Waals surface area contributed by atoms with Gasteiger partial charge in [0, 0.05) is 24.6 Å². The topological polar surface area (TPSA) is 49.4 Å². The summed E-state index contributed by atoms with van der Waals surface area (Å²) >= 11 is 1.34. The van der Waals surface area contributed by atoms with Crippen LogP contribution in [-0.4, -0.2) is 25.4 Å². The van der Waals surface area contributed by atoms with E-state index in [1.807, 2.05) is 45.0 Å². The summed E-state index contributed by atoms with van der Waals surface area (Å²) < 4.78 is 0. The van der Waals surface area contributed by atoms with E-state index in [1.54, 1.807) is 11.9 Å². The van der Waals surface area contributed by atoms with Gasteiger partial charge in [0.25, 0.3) is 5.91 Å². The largest absolute Gasteiger partial charge is 0.352 e. The van der Waals surface area contributed by atoms with Crippen molar-refractivity contribution < 1.29 is 9.59 Å². The first-order chi connectivity index (χ1) is 9.78. The minimum Gasteiger partial charge on any atom is -0.352 e. The quantitative estimate of drug-likeness (QED) is 0.855. The summed E-state index contributed by atoms with van der Waals surface area (Å²) in [5, 5.41) is 2.83. The first-order valence-electron chi connectivity index (χ1n) is 6.82. The van der Waals surface area contributed by atoms with E-state index in [0.29, 0.717) is 11.4 Å². The predicted molar refractivity (Wildman–Crippen MR) is 86.3 cm³/mol. The number of hydrogen-bond donors (Lipinski definition) is 1. The predicted octanol–water partition coefficient (Wildman–Crippen LogP) is 2.80. The maximum Gasteiger partial charge on any atom is 0.265 e. The molecule has 1 aromatic carbocycles. The van der Waals surface area contributed by atoms with Crippen molar-refractivity contribution in [2.24, 2.45) is 5.41 Å². The highest BCUT2D eigenvalue weighted by molar-refractivity contribution is 8.04. The number of benzene rings is 1. The van der Waals surface area contributed by atoms with Crippen LogP contribution in [0.4, 0.5) is 5.69 Å². The average Bonchev–Trinajstić information content (AvgIpc) is 2.41. The van der Waals surface area contributed by atoms with Gasteiger partial charge in [-0.25, -0.2) is 0 Å². The van der Waals surface area contributed by atoms with Crippen molar-refractivity contribution in [3.8, 4) is 0 Å². The van der Waals surface area contributed by atoms with Crippen molar-refractivity contribution in [2.45, 2.75) is 25.7 Å². The SMILES string of the molecule is CN1C(=O)C(=CC(=O)NCC(C)(C)C)Sc2ccccc21. The molecule has 2 amide bonds. The van der Waals surface area contributed by atoms with Gasteiger partial charge in [0.1, 0.15) is 0 Å². The Kier molecular flexibility index (Phi) is 4.42. The van der Waals surface area contributed by atoms with Gasteiger partial charge in [0.15, 0.2) is 0 Å². The van der Waals surface area contributed by atoms with E-state index in [4.69, 9.17) is 0 Å². The molecule has 0 saturated carbocycles. The molecule has 0 spiro atoms. The van der Waals surface area contributed by atoms with Crippen LogP contribution in [0, 0.1) is 5.41 Å². The molecule has 1 aliphatic heterocycles. The standard InChI is InChI=1S/C16H20N2O2S/c1-16(2,3)10-17-14(19)9-13-15(20)18(4)11-7-5-6-8-12(11)21-13/h5-9H,10H2,1-4H3,(H,17,19). The van der Waals surface area contributed by atoms with Crippen LogP contribution in [0.3, 0.4) is 0 Å². The molecule has 0 radical (unpaired) electrons. The van der Waals surface area contributed by atoms with Gasteiger partial charge in [-0.1, -0.05) is 44.7 Å². The third-order valence-corrected chi connectivity index (χ3v) is 4.09. The molecule has 0 aliphatic carbocycles. The number of para-hydroxylation sites is 1. The lowest BCUT2D eigenvalue weighted by Crippen LogP contribution is -2.33. The van der Waals surface area contributed by atoms with Crippen molar-refractivity contribution in [2.75, 3.05) is 18.5 Å². The van der Waals surface area contributed by atoms with Crippen LogP contribution < -0.4 is 10.2 Å². The summed E-state index contributed by atoms with van der Waals surface area (Å²) in [5.74, 6) is -0.377. The molecule has 5 heteroatoms. The number of nitrogens with one attached hydrogen (secondary N) is 1. The number of carbonyl (C=O) groups excluding carboxylic acids is 2. The molecule has 0 aromatic heterocycles. The second-order valence-corrected chi connectivity index (χ2v) is 7.30. The zero-order chi connectivity index (χ0) is 15.6. The molecule has 0 bridgehead atoms. The van der Waals surface area contributed by atoms with Crippen LogP contribution in [0.25, 0.3) is 0 Å². The lowest BCUT2D eigenvalue weighted by Gasteiger charge is -2.26. The van der Waals surface area contributed by atoms with Gasteiger partial charge >= 0.3 is 0 Å². The van der Waals surface area contributed by atoms with Gasteiger partial charge in [-0.2, -0.15) is 0 Å². The Morgan fingerprint density at radius 1 is 1.33 bits per heavy atom. The Morgan fingerprint density at radius 2 is 2.00 bits per heavy atom. The maximum atomic E-state index is 12.3. The fourth-order valence-electron chi connectivity index (χ4n) is 1.87. The van der Waals surface area contributed by atoms with E-state index in [0.717, 1.165) is 10.6 Å². The molecule has 1 N–H and O–H groups in total. The summed E-state index contributed by atoms with van der Waals surface area (Å²) in [6, 6.07) is 7.67. The lowest BCUT2D eigenvalue weighted by atomic mass is 9.97. The van der Waals surface area contributed by atoms with Crippen molar-refractivity contribution in [3.05, 3.63) is 35.2 Å². The second kappa shape index (κ2) is 5.93. The normalized spacial score (nSPS) is 16.9. The second-order valence-electron chi connectivity index (χ2n) is 6.22. The van der Waals surface area contributed by atoms with Crippen LogP contribution in [0.1, 0.15) is 20.8 Å². The smallest absolute Gasteiger partial charge is 0.265 e. The van der Waals surface area contributed by atoms with Crippen LogP contribution in [-0.2, 0) is 9.59 Å². The fourth-order valence-corrected chi connectivity index (χ4v) is 2.95. The number of anilines is 1. The minimum atomic E-state index is -0.228. The van der Waals surface area contributed by atoms with Gasteiger partial charge in [0.05, 0.1) is 10.6 Å². The summed E-state index contributed by atoms with van der Waals surface area (Å²) in [5.41, 5.74) is 0.890. The number of likely N-dealkylation sites (N-methyl/N-ethyl adjacent to an activating group) is 1. The van der Waals surface area contributed by atoms with E-state index in [1.165, 1.54) is 17.8 Å². The number of nitrogens with zero attached hydrogens (tertiary/aromatic N) is 1. The molecule has 2 rings (SSSR count). The average molecular weight is 304 g/mol. The molecular weight excluding hydrogens is 284 g/mol. The first-order valence-corrected chi connectivity index (χ1v) is 7.64. The minimum absolute atomic E-state index is 0.0152. The number of amides is 2. The number of carbonyl (C=O) groups is 2. The van der Waals surface area contributed by atoms with Gasteiger partial charge in [-0.15, -0.1) is 0 Å². The number of hydrogen-bond acceptors (Lipinski definition) is 3. The maximum absolute atomic E-state index is 12.3. The molecule has 4 nitrogen and oxygen atoms in total. The molecule has 0 fully saturated rings. The molecule has 112 valence electrons. The van der Waals surface area contributed by atoms with Crippen molar-refractivity contribution in [1.82, 2.24) is 5.32 Å². The molecule has 0 unspecified atom stereocenters. The van der Waals surface area contributed by atoms with Gasteiger partial charge in [0.2, 0.25) is 5.91 Å².